The van der Waals surface area contributed by atoms with Crippen LogP contribution in [0.25, 0.3) is 0 Å². The Morgan fingerprint density at radius 2 is 2.06 bits per heavy atom. The zero-order chi connectivity index (χ0) is 13.1. The third-order valence-corrected chi connectivity index (χ3v) is 3.63. The molecule has 0 aromatic heterocycles. The highest BCUT2D eigenvalue weighted by Crippen LogP contribution is 2.19. The van der Waals surface area contributed by atoms with Crippen molar-refractivity contribution >= 4 is 23.4 Å². The molecular formula is C11H11FN2O3S. The van der Waals surface area contributed by atoms with Gasteiger partial charge < -0.3 is 4.90 Å². The third kappa shape index (κ3) is 2.61. The molecule has 1 fully saturated rings. The van der Waals surface area contributed by atoms with Crippen molar-refractivity contribution in [2.45, 2.75) is 0 Å². The third-order valence-electron chi connectivity index (χ3n) is 2.69. The molecule has 0 atom stereocenters. The van der Waals surface area contributed by atoms with Gasteiger partial charge in [-0.3, -0.25) is 14.9 Å². The lowest BCUT2D eigenvalue weighted by Gasteiger charge is -2.26. The number of benzene rings is 1. The van der Waals surface area contributed by atoms with E-state index in [9.17, 15) is 19.3 Å². The molecule has 0 spiro atoms. The van der Waals surface area contributed by atoms with Crippen LogP contribution < -0.4 is 0 Å². The van der Waals surface area contributed by atoms with Gasteiger partial charge in [-0.1, -0.05) is 0 Å². The van der Waals surface area contributed by atoms with Crippen LogP contribution in [0.15, 0.2) is 18.2 Å². The van der Waals surface area contributed by atoms with Crippen LogP contribution in [0.5, 0.6) is 0 Å². The monoisotopic (exact) mass is 270 g/mol. The van der Waals surface area contributed by atoms with Gasteiger partial charge >= 0.3 is 0 Å². The summed E-state index contributed by atoms with van der Waals surface area (Å²) in [7, 11) is 0. The van der Waals surface area contributed by atoms with E-state index in [1.54, 1.807) is 16.7 Å². The summed E-state index contributed by atoms with van der Waals surface area (Å²) in [4.78, 5) is 23.4. The van der Waals surface area contributed by atoms with E-state index in [2.05, 4.69) is 0 Å². The van der Waals surface area contributed by atoms with Gasteiger partial charge in [0.25, 0.3) is 11.6 Å². The van der Waals surface area contributed by atoms with Crippen LogP contribution in [0.4, 0.5) is 10.1 Å². The minimum absolute atomic E-state index is 0.104. The van der Waals surface area contributed by atoms with Crippen LogP contribution in [-0.2, 0) is 0 Å². The number of hydrogen-bond donors (Lipinski definition) is 0. The summed E-state index contributed by atoms with van der Waals surface area (Å²) in [6.07, 6.45) is 0. The molecule has 0 aliphatic carbocycles. The first-order chi connectivity index (χ1) is 8.59. The maximum atomic E-state index is 13.7. The average molecular weight is 270 g/mol. The Labute approximate surface area is 107 Å². The van der Waals surface area contributed by atoms with Crippen LogP contribution >= 0.6 is 11.8 Å². The zero-order valence-electron chi connectivity index (χ0n) is 9.47. The summed E-state index contributed by atoms with van der Waals surface area (Å²) in [6.45, 7) is 1.17. The molecule has 0 bridgehead atoms. The van der Waals surface area contributed by atoms with E-state index in [0.29, 0.717) is 13.1 Å². The number of carbonyl (C=O) groups excluding carboxylic acids is 1. The van der Waals surface area contributed by atoms with E-state index in [0.717, 1.165) is 23.6 Å². The van der Waals surface area contributed by atoms with Crippen LogP contribution in [0.2, 0.25) is 0 Å². The number of non-ortho nitro benzene ring substituents is 1. The Kier molecular flexibility index (Phi) is 3.81. The van der Waals surface area contributed by atoms with Crippen LogP contribution in [0.3, 0.4) is 0 Å². The Morgan fingerprint density at radius 3 is 2.61 bits per heavy atom. The van der Waals surface area contributed by atoms with Gasteiger partial charge in [0, 0.05) is 30.7 Å². The number of hydrogen-bond acceptors (Lipinski definition) is 4. The Morgan fingerprint density at radius 1 is 1.39 bits per heavy atom. The van der Waals surface area contributed by atoms with Crippen LogP contribution in [0.1, 0.15) is 10.4 Å². The van der Waals surface area contributed by atoms with E-state index < -0.39 is 16.6 Å². The molecule has 1 aliphatic rings. The van der Waals surface area contributed by atoms with Gasteiger partial charge in [-0.15, -0.1) is 0 Å². The number of halogens is 1. The Hall–Kier alpha value is -1.63. The second kappa shape index (κ2) is 5.34. The molecule has 1 aliphatic heterocycles. The van der Waals surface area contributed by atoms with Gasteiger partial charge in [-0.2, -0.15) is 11.8 Å². The van der Waals surface area contributed by atoms with Crippen LogP contribution in [0, 0.1) is 15.9 Å². The Balaban J connectivity index is 2.22. The molecule has 5 nitrogen and oxygen atoms in total. The van der Waals surface area contributed by atoms with E-state index in [1.165, 1.54) is 6.07 Å². The molecule has 1 aromatic carbocycles. The van der Waals surface area contributed by atoms with E-state index in [1.807, 2.05) is 0 Å². The summed E-state index contributed by atoms with van der Waals surface area (Å²) >= 11 is 1.74. The van der Waals surface area contributed by atoms with Crippen molar-refractivity contribution in [1.29, 1.82) is 0 Å². The lowest BCUT2D eigenvalue weighted by atomic mass is 10.1. The maximum Gasteiger partial charge on any atom is 0.272 e. The van der Waals surface area contributed by atoms with Gasteiger partial charge in [0.1, 0.15) is 5.82 Å². The molecular weight excluding hydrogens is 259 g/mol. The fourth-order valence-corrected chi connectivity index (χ4v) is 2.63. The number of nitrogens with zero attached hydrogens (tertiary/aromatic N) is 2. The highest BCUT2D eigenvalue weighted by atomic mass is 32.2. The first-order valence-electron chi connectivity index (χ1n) is 5.40. The molecule has 96 valence electrons. The van der Waals surface area contributed by atoms with Crippen molar-refractivity contribution in [3.63, 3.8) is 0 Å². The Bertz CT molecular complexity index is 489. The smallest absolute Gasteiger partial charge is 0.272 e. The average Bonchev–Trinajstić information content (AvgIpc) is 2.38. The lowest BCUT2D eigenvalue weighted by Crippen LogP contribution is -2.38. The fourth-order valence-electron chi connectivity index (χ4n) is 1.73. The molecule has 1 amide bonds. The topological polar surface area (TPSA) is 63.4 Å². The standard InChI is InChI=1S/C11H11FN2O3S/c12-10-7-8(14(16)17)1-2-9(10)11(15)13-3-5-18-6-4-13/h1-2,7H,3-6H2. The van der Waals surface area contributed by atoms with Crippen molar-refractivity contribution in [3.8, 4) is 0 Å². The normalized spacial score (nSPS) is 15.5. The molecule has 7 heteroatoms. The van der Waals surface area contributed by atoms with Gasteiger partial charge in [0.2, 0.25) is 0 Å². The molecule has 0 radical (unpaired) electrons. The maximum absolute atomic E-state index is 13.7. The number of rotatable bonds is 2. The van der Waals surface area contributed by atoms with Crippen LogP contribution in [-0.4, -0.2) is 40.3 Å². The second-order valence-corrected chi connectivity index (χ2v) is 5.05. The fraction of sp³-hybridized carbons (Fsp3) is 0.364. The van der Waals surface area contributed by atoms with Gasteiger partial charge in [-0.05, 0) is 6.07 Å². The highest BCUT2D eigenvalue weighted by Gasteiger charge is 2.22. The summed E-state index contributed by atoms with van der Waals surface area (Å²) in [5, 5.41) is 10.5. The first kappa shape index (κ1) is 12.8. The summed E-state index contributed by atoms with van der Waals surface area (Å²) < 4.78 is 13.7. The van der Waals surface area contributed by atoms with Crippen molar-refractivity contribution in [2.75, 3.05) is 24.6 Å². The molecule has 0 saturated carbocycles. The minimum atomic E-state index is -0.840. The van der Waals surface area contributed by atoms with Crippen molar-refractivity contribution in [3.05, 3.63) is 39.7 Å². The minimum Gasteiger partial charge on any atom is -0.337 e. The molecule has 18 heavy (non-hydrogen) atoms. The summed E-state index contributed by atoms with van der Waals surface area (Å²) in [6, 6.07) is 3.11. The first-order valence-corrected chi connectivity index (χ1v) is 6.56. The number of amides is 1. The van der Waals surface area contributed by atoms with Gasteiger partial charge in [-0.25, -0.2) is 4.39 Å². The van der Waals surface area contributed by atoms with E-state index >= 15 is 0 Å². The van der Waals surface area contributed by atoms with E-state index in [-0.39, 0.29) is 11.3 Å². The predicted octanol–water partition coefficient (Wildman–Crippen LogP) is 1.92. The zero-order valence-corrected chi connectivity index (χ0v) is 10.3. The molecule has 2 rings (SSSR count). The van der Waals surface area contributed by atoms with Crippen molar-refractivity contribution < 1.29 is 14.1 Å². The number of carbonyl (C=O) groups is 1. The van der Waals surface area contributed by atoms with E-state index in [4.69, 9.17) is 0 Å². The van der Waals surface area contributed by atoms with Crippen molar-refractivity contribution in [2.24, 2.45) is 0 Å². The predicted molar refractivity (Wildman–Crippen MR) is 66.3 cm³/mol. The number of nitro groups is 1. The summed E-state index contributed by atoms with van der Waals surface area (Å²) in [5.41, 5.74) is -0.453. The molecule has 1 heterocycles. The molecule has 0 unspecified atom stereocenters. The number of nitro benzene ring substituents is 1. The molecule has 1 aromatic rings. The highest BCUT2D eigenvalue weighted by molar-refractivity contribution is 7.99. The van der Waals surface area contributed by atoms with Gasteiger partial charge in [0.05, 0.1) is 16.6 Å². The summed E-state index contributed by atoms with van der Waals surface area (Å²) in [5.74, 6) is 0.427. The quantitative estimate of drug-likeness (QED) is 0.608. The second-order valence-electron chi connectivity index (χ2n) is 3.83. The van der Waals surface area contributed by atoms with Gasteiger partial charge in [0.15, 0.2) is 0 Å². The largest absolute Gasteiger partial charge is 0.337 e. The molecule has 0 N–H and O–H groups in total. The number of thioether (sulfide) groups is 1. The molecule has 1 saturated heterocycles. The SMILES string of the molecule is O=C(c1ccc([N+](=O)[O-])cc1F)N1CCSCC1. The lowest BCUT2D eigenvalue weighted by molar-refractivity contribution is -0.385. The van der Waals surface area contributed by atoms with Crippen molar-refractivity contribution in [1.82, 2.24) is 4.90 Å².